The molecular weight excluding hydrogens is 420 g/mol. The van der Waals surface area contributed by atoms with E-state index in [1.807, 2.05) is 6.92 Å². The molecule has 2 aliphatic heterocycles. The molecule has 0 saturated carbocycles. The van der Waals surface area contributed by atoms with E-state index < -0.39 is 0 Å². The van der Waals surface area contributed by atoms with Crippen LogP contribution >= 0.6 is 0 Å². The fourth-order valence-electron chi connectivity index (χ4n) is 6.01. The zero-order chi connectivity index (χ0) is 23.1. The average Bonchev–Trinajstić information content (AvgIpc) is 3.45. The summed E-state index contributed by atoms with van der Waals surface area (Å²) in [5, 5.41) is 10.2. The van der Waals surface area contributed by atoms with Crippen molar-refractivity contribution in [1.29, 1.82) is 0 Å². The van der Waals surface area contributed by atoms with Gasteiger partial charge < -0.3 is 14.4 Å². The lowest BCUT2D eigenvalue weighted by molar-refractivity contribution is 0.211. The maximum atomic E-state index is 4.43. The van der Waals surface area contributed by atoms with Gasteiger partial charge in [-0.3, -0.25) is 4.57 Å². The number of benzene rings is 2. The van der Waals surface area contributed by atoms with Gasteiger partial charge in [-0.1, -0.05) is 30.3 Å². The highest BCUT2D eigenvalue weighted by Crippen LogP contribution is 2.35. The minimum Gasteiger partial charge on any atom is -0.362 e. The second-order valence-electron chi connectivity index (χ2n) is 9.77. The van der Waals surface area contributed by atoms with Crippen LogP contribution < -0.4 is 4.90 Å². The normalized spacial score (nSPS) is 16.7. The van der Waals surface area contributed by atoms with E-state index in [2.05, 4.69) is 90.8 Å². The molecule has 2 aliphatic rings. The monoisotopic (exact) mass is 454 g/mol. The molecule has 6 heteroatoms. The second kappa shape index (κ2) is 8.91. The van der Waals surface area contributed by atoms with Gasteiger partial charge in [0.2, 0.25) is 0 Å². The van der Waals surface area contributed by atoms with Gasteiger partial charge in [-0.25, -0.2) is 0 Å². The largest absolute Gasteiger partial charge is 0.362 e. The summed E-state index contributed by atoms with van der Waals surface area (Å²) in [7, 11) is 0. The molecule has 176 valence electrons. The van der Waals surface area contributed by atoms with Crippen LogP contribution in [0.3, 0.4) is 0 Å². The van der Waals surface area contributed by atoms with Crippen molar-refractivity contribution in [3.8, 4) is 5.69 Å². The zero-order valence-electron chi connectivity index (χ0n) is 20.3. The van der Waals surface area contributed by atoms with E-state index in [0.717, 1.165) is 37.8 Å². The van der Waals surface area contributed by atoms with Crippen LogP contribution in [-0.4, -0.2) is 50.4 Å². The number of para-hydroxylation sites is 3. The number of likely N-dealkylation sites (tertiary alicyclic amines) is 1. The van der Waals surface area contributed by atoms with E-state index in [1.54, 1.807) is 5.56 Å². The molecule has 6 rings (SSSR count). The molecule has 0 bridgehead atoms. The highest BCUT2D eigenvalue weighted by Gasteiger charge is 2.26. The van der Waals surface area contributed by atoms with E-state index >= 15 is 0 Å². The second-order valence-corrected chi connectivity index (χ2v) is 9.77. The fourth-order valence-corrected chi connectivity index (χ4v) is 6.01. The smallest absolute Gasteiger partial charge is 0.157 e. The van der Waals surface area contributed by atoms with Crippen molar-refractivity contribution in [2.24, 2.45) is 0 Å². The molecule has 0 atom stereocenters. The Hall–Kier alpha value is -3.12. The Morgan fingerprint density at radius 3 is 2.50 bits per heavy atom. The van der Waals surface area contributed by atoms with Crippen LogP contribution in [0.4, 0.5) is 5.69 Å². The number of hydrogen-bond acceptors (Lipinski definition) is 4. The van der Waals surface area contributed by atoms with E-state index in [0.29, 0.717) is 5.92 Å². The Morgan fingerprint density at radius 1 is 0.912 bits per heavy atom. The quantitative estimate of drug-likeness (QED) is 0.405. The first-order valence-electron chi connectivity index (χ1n) is 12.8. The lowest BCUT2D eigenvalue weighted by Crippen LogP contribution is -2.36. The summed E-state index contributed by atoms with van der Waals surface area (Å²) in [6, 6.07) is 17.6. The molecule has 2 aromatic heterocycles. The number of piperidine rings is 1. The number of nitrogens with zero attached hydrogens (tertiary/aromatic N) is 6. The standard InChI is InChI=1S/C28H34N6/c1-3-32-19-24(23-9-4-5-10-25(23)32)22-13-17-31(18-14-22)15-8-16-33-20-28-30-29-21(2)34(28)27-12-7-6-11-26(27)33/h4-7,9-12,19,22H,3,8,13-18,20H2,1-2H3. The summed E-state index contributed by atoms with van der Waals surface area (Å²) >= 11 is 0. The van der Waals surface area contributed by atoms with Crippen molar-refractivity contribution >= 4 is 16.6 Å². The Bertz CT molecular complexity index is 1290. The van der Waals surface area contributed by atoms with Crippen molar-refractivity contribution in [2.45, 2.75) is 52.1 Å². The zero-order valence-corrected chi connectivity index (χ0v) is 20.3. The van der Waals surface area contributed by atoms with E-state index in [9.17, 15) is 0 Å². The van der Waals surface area contributed by atoms with Gasteiger partial charge in [0.25, 0.3) is 0 Å². The number of hydrogen-bond donors (Lipinski definition) is 0. The number of anilines is 1. The predicted octanol–water partition coefficient (Wildman–Crippen LogP) is 5.14. The molecule has 2 aromatic carbocycles. The van der Waals surface area contributed by atoms with E-state index in [4.69, 9.17) is 0 Å². The Balaban J connectivity index is 1.07. The lowest BCUT2D eigenvalue weighted by Gasteiger charge is -2.34. The summed E-state index contributed by atoms with van der Waals surface area (Å²) in [6.07, 6.45) is 6.10. The molecule has 0 aliphatic carbocycles. The van der Waals surface area contributed by atoms with Crippen LogP contribution in [0.15, 0.2) is 54.7 Å². The first-order valence-corrected chi connectivity index (χ1v) is 12.8. The van der Waals surface area contributed by atoms with Crippen LogP contribution in [0.5, 0.6) is 0 Å². The molecule has 0 N–H and O–H groups in total. The fraction of sp³-hybridized carbons (Fsp3) is 0.429. The van der Waals surface area contributed by atoms with Crippen molar-refractivity contribution in [2.75, 3.05) is 31.1 Å². The van der Waals surface area contributed by atoms with Gasteiger partial charge in [0.05, 0.1) is 17.9 Å². The van der Waals surface area contributed by atoms with Crippen molar-refractivity contribution in [3.63, 3.8) is 0 Å². The number of aryl methyl sites for hydroxylation is 2. The maximum Gasteiger partial charge on any atom is 0.157 e. The van der Waals surface area contributed by atoms with Gasteiger partial charge in [-0.05, 0) is 82.4 Å². The molecule has 34 heavy (non-hydrogen) atoms. The molecule has 6 nitrogen and oxygen atoms in total. The summed E-state index contributed by atoms with van der Waals surface area (Å²) in [4.78, 5) is 5.14. The maximum absolute atomic E-state index is 4.43. The molecule has 4 heterocycles. The van der Waals surface area contributed by atoms with E-state index in [1.165, 1.54) is 54.6 Å². The van der Waals surface area contributed by atoms with Gasteiger partial charge in [0.15, 0.2) is 5.82 Å². The van der Waals surface area contributed by atoms with Crippen LogP contribution in [0.1, 0.15) is 49.3 Å². The average molecular weight is 455 g/mol. The van der Waals surface area contributed by atoms with Gasteiger partial charge >= 0.3 is 0 Å². The molecule has 4 aromatic rings. The van der Waals surface area contributed by atoms with Crippen molar-refractivity contribution in [3.05, 3.63) is 71.9 Å². The first-order chi connectivity index (χ1) is 16.7. The minimum absolute atomic E-state index is 0.678. The lowest BCUT2D eigenvalue weighted by atomic mass is 9.89. The summed E-state index contributed by atoms with van der Waals surface area (Å²) in [5.41, 5.74) is 5.44. The van der Waals surface area contributed by atoms with Gasteiger partial charge in [0, 0.05) is 30.2 Å². The summed E-state index contributed by atoms with van der Waals surface area (Å²) in [5.74, 6) is 2.69. The number of fused-ring (bicyclic) bond motifs is 4. The number of aromatic nitrogens is 4. The molecule has 0 radical (unpaired) electrons. The van der Waals surface area contributed by atoms with Gasteiger partial charge in [-0.15, -0.1) is 10.2 Å². The van der Waals surface area contributed by atoms with E-state index in [-0.39, 0.29) is 0 Å². The van der Waals surface area contributed by atoms with Crippen LogP contribution in [0.25, 0.3) is 16.6 Å². The predicted molar refractivity (Wildman–Crippen MR) is 138 cm³/mol. The van der Waals surface area contributed by atoms with Crippen LogP contribution in [-0.2, 0) is 13.1 Å². The molecule has 0 amide bonds. The SMILES string of the molecule is CCn1cc(C2CCN(CCCN3Cc4nnc(C)n4-c4ccccc43)CC2)c2ccccc21. The molecule has 1 saturated heterocycles. The Kier molecular flexibility index (Phi) is 5.61. The third kappa shape index (κ3) is 3.70. The molecular formula is C28H34N6. The van der Waals surface area contributed by atoms with Crippen molar-refractivity contribution in [1.82, 2.24) is 24.2 Å². The third-order valence-corrected chi connectivity index (χ3v) is 7.78. The summed E-state index contributed by atoms with van der Waals surface area (Å²) < 4.78 is 4.61. The first kappa shape index (κ1) is 21.4. The van der Waals surface area contributed by atoms with Crippen LogP contribution in [0.2, 0.25) is 0 Å². The van der Waals surface area contributed by atoms with Gasteiger partial charge in [0.1, 0.15) is 5.82 Å². The molecule has 1 fully saturated rings. The highest BCUT2D eigenvalue weighted by atomic mass is 15.3. The minimum atomic E-state index is 0.678. The molecule has 0 spiro atoms. The molecule has 0 unspecified atom stereocenters. The summed E-state index contributed by atoms with van der Waals surface area (Å²) in [6.45, 7) is 10.7. The topological polar surface area (TPSA) is 42.1 Å². The Labute approximate surface area is 201 Å². The van der Waals surface area contributed by atoms with Crippen LogP contribution in [0, 0.1) is 6.92 Å². The Morgan fingerprint density at radius 2 is 1.68 bits per heavy atom. The number of rotatable bonds is 6. The highest BCUT2D eigenvalue weighted by molar-refractivity contribution is 5.84. The van der Waals surface area contributed by atoms with Gasteiger partial charge in [-0.2, -0.15) is 0 Å². The van der Waals surface area contributed by atoms with Crippen molar-refractivity contribution < 1.29 is 0 Å². The third-order valence-electron chi connectivity index (χ3n) is 7.78.